The van der Waals surface area contributed by atoms with E-state index in [1.807, 2.05) is 0 Å². The normalized spacial score (nSPS) is 12.6. The Bertz CT molecular complexity index is 730. The van der Waals surface area contributed by atoms with Crippen LogP contribution in [0.4, 0.5) is 0 Å². The van der Waals surface area contributed by atoms with Crippen LogP contribution in [0, 0.1) is 26.2 Å². The molecule has 1 heterocycles. The predicted molar refractivity (Wildman–Crippen MR) is 99.7 cm³/mol. The second kappa shape index (κ2) is 5.78. The zero-order valence-corrected chi connectivity index (χ0v) is 16.3. The molecule has 0 aliphatic heterocycles. The first-order valence-corrected chi connectivity index (χ1v) is 8.53. The molecule has 0 atom stereocenters. The second-order valence-corrected chi connectivity index (χ2v) is 8.56. The number of nitrogens with zero attached hydrogens (tertiary/aromatic N) is 1. The van der Waals surface area contributed by atoms with Crippen LogP contribution in [0.1, 0.15) is 56.9 Å². The topological polar surface area (TPSA) is 3.88 Å². The monoisotopic (exact) mass is 310 g/mol. The van der Waals surface area contributed by atoms with Crippen molar-refractivity contribution in [3.63, 3.8) is 0 Å². The van der Waals surface area contributed by atoms with Crippen LogP contribution in [0.15, 0.2) is 30.5 Å². The molecule has 0 N–H and O–H groups in total. The van der Waals surface area contributed by atoms with Gasteiger partial charge in [0.1, 0.15) is 7.05 Å². The molecule has 0 fully saturated rings. The van der Waals surface area contributed by atoms with E-state index < -0.39 is 0 Å². The van der Waals surface area contributed by atoms with Crippen LogP contribution in [0.25, 0.3) is 11.3 Å². The van der Waals surface area contributed by atoms with Crippen LogP contribution >= 0.6 is 0 Å². The molecule has 1 aromatic heterocycles. The second-order valence-electron chi connectivity index (χ2n) is 8.56. The highest BCUT2D eigenvalue weighted by atomic mass is 14.9. The molecular formula is C22H32N+. The molecule has 0 amide bonds. The van der Waals surface area contributed by atoms with E-state index in [1.165, 1.54) is 33.5 Å². The molecule has 2 rings (SSSR count). The Morgan fingerprint density at radius 2 is 1.43 bits per heavy atom. The largest absolute Gasteiger partial charge is 0.212 e. The first kappa shape index (κ1) is 17.7. The van der Waals surface area contributed by atoms with Crippen LogP contribution in [0.5, 0.6) is 0 Å². The summed E-state index contributed by atoms with van der Waals surface area (Å²) in [5.74, 6) is 0. The van der Waals surface area contributed by atoms with E-state index in [0.29, 0.717) is 0 Å². The highest BCUT2D eigenvalue weighted by Gasteiger charge is 2.37. The van der Waals surface area contributed by atoms with Crippen LogP contribution < -0.4 is 4.57 Å². The number of aryl methyl sites for hydroxylation is 4. The molecule has 2 aromatic rings. The maximum Gasteiger partial charge on any atom is 0.212 e. The van der Waals surface area contributed by atoms with Gasteiger partial charge in [0.15, 0.2) is 6.20 Å². The predicted octanol–water partition coefficient (Wildman–Crippen LogP) is 5.43. The van der Waals surface area contributed by atoms with Crippen molar-refractivity contribution >= 4 is 0 Å². The lowest BCUT2D eigenvalue weighted by atomic mass is 9.65. The van der Waals surface area contributed by atoms with Crippen LogP contribution in [0.3, 0.4) is 0 Å². The van der Waals surface area contributed by atoms with E-state index in [1.54, 1.807) is 0 Å². The van der Waals surface area contributed by atoms with Gasteiger partial charge in [0.05, 0.1) is 0 Å². The number of aromatic nitrogens is 1. The van der Waals surface area contributed by atoms with Crippen molar-refractivity contribution in [2.45, 2.75) is 60.8 Å². The van der Waals surface area contributed by atoms with Crippen molar-refractivity contribution in [3.8, 4) is 11.3 Å². The summed E-state index contributed by atoms with van der Waals surface area (Å²) >= 11 is 0. The van der Waals surface area contributed by atoms with Gasteiger partial charge in [-0.25, -0.2) is 4.57 Å². The Balaban J connectivity index is 2.63. The van der Waals surface area contributed by atoms with Crippen molar-refractivity contribution in [3.05, 3.63) is 52.7 Å². The Hall–Kier alpha value is -1.63. The van der Waals surface area contributed by atoms with Crippen molar-refractivity contribution < 1.29 is 4.57 Å². The number of hydrogen-bond donors (Lipinski definition) is 0. The third-order valence-electron chi connectivity index (χ3n) is 5.69. The first-order chi connectivity index (χ1) is 10.4. The summed E-state index contributed by atoms with van der Waals surface area (Å²) in [7, 11) is 2.16. The third-order valence-corrected chi connectivity index (χ3v) is 5.69. The molecule has 124 valence electrons. The van der Waals surface area contributed by atoms with E-state index in [-0.39, 0.29) is 10.8 Å². The van der Waals surface area contributed by atoms with Gasteiger partial charge in [0.2, 0.25) is 5.69 Å². The van der Waals surface area contributed by atoms with Gasteiger partial charge in [0, 0.05) is 22.6 Å². The first-order valence-electron chi connectivity index (χ1n) is 8.53. The summed E-state index contributed by atoms with van der Waals surface area (Å²) in [5, 5.41) is 0. The standard InChI is InChI=1S/C22H32N/c1-15-10-11-18(16(2)12-15)20-13-17(3)19(14-23(20)9)22(7,8)21(4,5)6/h10-14H,1-9H3/q+1. The molecule has 0 unspecified atom stereocenters. The van der Waals surface area contributed by atoms with Gasteiger partial charge in [0.25, 0.3) is 0 Å². The summed E-state index contributed by atoms with van der Waals surface area (Å²) in [6.45, 7) is 18.3. The molecule has 0 aliphatic carbocycles. The van der Waals surface area contributed by atoms with Crippen LogP contribution in [0.2, 0.25) is 0 Å². The summed E-state index contributed by atoms with van der Waals surface area (Å²) in [5.41, 5.74) is 8.40. The summed E-state index contributed by atoms with van der Waals surface area (Å²) < 4.78 is 2.29. The Kier molecular flexibility index (Phi) is 4.45. The smallest absolute Gasteiger partial charge is 0.201 e. The molecule has 0 saturated heterocycles. The van der Waals surface area contributed by atoms with Gasteiger partial charge in [-0.1, -0.05) is 52.3 Å². The molecule has 0 spiro atoms. The number of pyridine rings is 1. The van der Waals surface area contributed by atoms with Crippen molar-refractivity contribution in [2.24, 2.45) is 12.5 Å². The molecule has 0 bridgehead atoms. The molecule has 1 aromatic carbocycles. The highest BCUT2D eigenvalue weighted by molar-refractivity contribution is 5.62. The van der Waals surface area contributed by atoms with Gasteiger partial charge in [-0.05, 0) is 43.4 Å². The zero-order valence-electron chi connectivity index (χ0n) is 16.3. The van der Waals surface area contributed by atoms with E-state index in [9.17, 15) is 0 Å². The van der Waals surface area contributed by atoms with Crippen LogP contribution in [-0.4, -0.2) is 0 Å². The van der Waals surface area contributed by atoms with Gasteiger partial charge in [-0.2, -0.15) is 0 Å². The minimum Gasteiger partial charge on any atom is -0.201 e. The summed E-state index contributed by atoms with van der Waals surface area (Å²) in [6, 6.07) is 9.05. The Labute approximate surface area is 142 Å². The maximum absolute atomic E-state index is 2.35. The fourth-order valence-corrected chi connectivity index (χ4v) is 3.18. The van der Waals surface area contributed by atoms with Gasteiger partial charge in [-0.15, -0.1) is 0 Å². The van der Waals surface area contributed by atoms with E-state index in [0.717, 1.165) is 0 Å². The average molecular weight is 311 g/mol. The minimum absolute atomic E-state index is 0.121. The molecule has 0 saturated carbocycles. The number of hydrogen-bond acceptors (Lipinski definition) is 0. The summed E-state index contributed by atoms with van der Waals surface area (Å²) in [4.78, 5) is 0. The quantitative estimate of drug-likeness (QED) is 0.651. The Morgan fingerprint density at radius 3 is 1.96 bits per heavy atom. The zero-order chi connectivity index (χ0) is 17.6. The molecule has 23 heavy (non-hydrogen) atoms. The van der Waals surface area contributed by atoms with Gasteiger partial charge in [-0.3, -0.25) is 0 Å². The van der Waals surface area contributed by atoms with E-state index in [2.05, 4.69) is 97.5 Å². The average Bonchev–Trinajstić information content (AvgIpc) is 2.40. The SMILES string of the molecule is Cc1ccc(-c2cc(C)c(C(C)(C)C(C)(C)C)c[n+]2C)c(C)c1. The van der Waals surface area contributed by atoms with Crippen molar-refractivity contribution in [1.29, 1.82) is 0 Å². The van der Waals surface area contributed by atoms with E-state index >= 15 is 0 Å². The Morgan fingerprint density at radius 1 is 0.826 bits per heavy atom. The summed E-state index contributed by atoms with van der Waals surface area (Å²) in [6.07, 6.45) is 2.33. The molecule has 1 heteroatoms. The minimum atomic E-state index is 0.121. The lowest BCUT2D eigenvalue weighted by molar-refractivity contribution is -0.661. The lowest BCUT2D eigenvalue weighted by Crippen LogP contribution is -2.39. The lowest BCUT2D eigenvalue weighted by Gasteiger charge is -2.39. The molecule has 1 nitrogen and oxygen atoms in total. The number of benzene rings is 1. The maximum atomic E-state index is 2.35. The fraction of sp³-hybridized carbons (Fsp3) is 0.500. The number of rotatable bonds is 2. The van der Waals surface area contributed by atoms with Gasteiger partial charge >= 0.3 is 0 Å². The van der Waals surface area contributed by atoms with Crippen molar-refractivity contribution in [1.82, 2.24) is 0 Å². The van der Waals surface area contributed by atoms with Gasteiger partial charge < -0.3 is 0 Å². The molecular weight excluding hydrogens is 278 g/mol. The molecule has 0 radical (unpaired) electrons. The highest BCUT2D eigenvalue weighted by Crippen LogP contribution is 2.42. The van der Waals surface area contributed by atoms with Crippen molar-refractivity contribution in [2.75, 3.05) is 0 Å². The van der Waals surface area contributed by atoms with E-state index in [4.69, 9.17) is 0 Å². The van der Waals surface area contributed by atoms with Crippen LogP contribution in [-0.2, 0) is 12.5 Å². The fourth-order valence-electron chi connectivity index (χ4n) is 3.18. The molecule has 0 aliphatic rings. The third kappa shape index (κ3) is 3.20.